The number of nitrogens with zero attached hydrogens (tertiary/aromatic N) is 4. The number of aromatic nitrogens is 2. The van der Waals surface area contributed by atoms with E-state index in [1.54, 1.807) is 17.2 Å². The molecule has 0 spiro atoms. The minimum atomic E-state index is -0.425. The van der Waals surface area contributed by atoms with E-state index in [4.69, 9.17) is 5.73 Å². The Morgan fingerprint density at radius 3 is 2.61 bits per heavy atom. The third-order valence-corrected chi connectivity index (χ3v) is 6.92. The van der Waals surface area contributed by atoms with Crippen LogP contribution in [0.3, 0.4) is 0 Å². The van der Waals surface area contributed by atoms with Crippen LogP contribution in [-0.4, -0.2) is 70.7 Å². The van der Waals surface area contributed by atoms with Crippen molar-refractivity contribution in [3.63, 3.8) is 0 Å². The van der Waals surface area contributed by atoms with Crippen LogP contribution in [0.15, 0.2) is 41.3 Å². The molecule has 178 valence electrons. The number of nitrogens with one attached hydrogen (secondary N) is 2. The number of amides is 2. The molecule has 1 saturated carbocycles. The van der Waals surface area contributed by atoms with Gasteiger partial charge in [0.1, 0.15) is 5.82 Å². The van der Waals surface area contributed by atoms with Crippen molar-refractivity contribution in [1.82, 2.24) is 24.7 Å². The van der Waals surface area contributed by atoms with Crippen LogP contribution in [-0.2, 0) is 6.54 Å². The molecule has 1 aliphatic carbocycles. The van der Waals surface area contributed by atoms with Gasteiger partial charge in [-0.05, 0) is 56.0 Å². The van der Waals surface area contributed by atoms with Gasteiger partial charge in [0.2, 0.25) is 0 Å². The van der Waals surface area contributed by atoms with E-state index >= 15 is 0 Å². The van der Waals surface area contributed by atoms with E-state index in [1.807, 2.05) is 12.1 Å². The van der Waals surface area contributed by atoms with Gasteiger partial charge in [-0.2, -0.15) is 4.98 Å². The summed E-state index contributed by atoms with van der Waals surface area (Å²) in [5.41, 5.74) is 7.69. The first-order valence-corrected chi connectivity index (χ1v) is 11.8. The zero-order valence-corrected chi connectivity index (χ0v) is 19.5. The first-order chi connectivity index (χ1) is 15.9. The van der Waals surface area contributed by atoms with Gasteiger partial charge in [-0.3, -0.25) is 14.8 Å². The van der Waals surface area contributed by atoms with Crippen molar-refractivity contribution < 1.29 is 4.79 Å². The molecule has 2 aromatic rings. The molecule has 1 aliphatic heterocycles. The Balaban J connectivity index is 1.37. The maximum absolute atomic E-state index is 12.6. The molecule has 0 bridgehead atoms. The van der Waals surface area contributed by atoms with Gasteiger partial charge in [-0.25, -0.2) is 9.59 Å². The Hall–Kier alpha value is -2.75. The highest BCUT2D eigenvalue weighted by Gasteiger charge is 2.27. The van der Waals surface area contributed by atoms with Crippen molar-refractivity contribution >= 4 is 11.8 Å². The van der Waals surface area contributed by atoms with Crippen LogP contribution in [0.1, 0.15) is 31.7 Å². The third kappa shape index (κ3) is 5.79. The average Bonchev–Trinajstić information content (AvgIpc) is 2.82. The summed E-state index contributed by atoms with van der Waals surface area (Å²) in [6.45, 7) is 5.91. The minimum absolute atomic E-state index is 0.232. The summed E-state index contributed by atoms with van der Waals surface area (Å²) in [6.07, 6.45) is 5.00. The fraction of sp³-hybridized carbons (Fsp3) is 0.542. The second-order valence-electron chi connectivity index (χ2n) is 9.32. The number of carbonyl (C=O) groups is 1. The molecule has 4 N–H and O–H groups in total. The van der Waals surface area contributed by atoms with Gasteiger partial charge in [0.25, 0.3) is 0 Å². The summed E-state index contributed by atoms with van der Waals surface area (Å²) in [4.78, 5) is 33.1. The second-order valence-corrected chi connectivity index (χ2v) is 9.32. The molecule has 4 rings (SSSR count). The van der Waals surface area contributed by atoms with Gasteiger partial charge in [0.05, 0.1) is 5.69 Å². The van der Waals surface area contributed by atoms with Crippen molar-refractivity contribution in [3.05, 3.63) is 52.6 Å². The quantitative estimate of drug-likeness (QED) is 0.635. The minimum Gasteiger partial charge on any atom is -0.327 e. The van der Waals surface area contributed by atoms with Crippen LogP contribution in [0.2, 0.25) is 0 Å². The summed E-state index contributed by atoms with van der Waals surface area (Å²) in [5, 5.41) is 5.92. The highest BCUT2D eigenvalue weighted by atomic mass is 16.2. The Morgan fingerprint density at radius 1 is 1.21 bits per heavy atom. The maximum Gasteiger partial charge on any atom is 0.354 e. The third-order valence-electron chi connectivity index (χ3n) is 6.92. The van der Waals surface area contributed by atoms with Crippen LogP contribution in [0.5, 0.6) is 0 Å². The molecule has 2 aliphatic rings. The molecule has 2 fully saturated rings. The number of urea groups is 1. The molecule has 1 aromatic heterocycles. The Labute approximate surface area is 195 Å². The van der Waals surface area contributed by atoms with E-state index in [0.717, 1.165) is 44.6 Å². The summed E-state index contributed by atoms with van der Waals surface area (Å²) in [7, 11) is 2.17. The van der Waals surface area contributed by atoms with E-state index in [-0.39, 0.29) is 11.8 Å². The highest BCUT2D eigenvalue weighted by Crippen LogP contribution is 2.27. The predicted octanol–water partition coefficient (Wildman–Crippen LogP) is 1.62. The van der Waals surface area contributed by atoms with Crippen molar-refractivity contribution in [1.29, 1.82) is 0 Å². The first-order valence-electron chi connectivity index (χ1n) is 11.8. The zero-order valence-electron chi connectivity index (χ0n) is 19.5. The lowest BCUT2D eigenvalue weighted by atomic mass is 9.82. The smallest absolute Gasteiger partial charge is 0.327 e. The summed E-state index contributed by atoms with van der Waals surface area (Å²) in [6, 6.07) is 10.3. The SMILES string of the molecule is CC1CC(N(C)Cc2ccc(-n3ccc(NC(=O)N4CCNCC4)nc3=O)cc2)CC[C@@H]1N. The van der Waals surface area contributed by atoms with Crippen molar-refractivity contribution in [2.75, 3.05) is 38.5 Å². The van der Waals surface area contributed by atoms with E-state index in [1.165, 1.54) is 10.1 Å². The van der Waals surface area contributed by atoms with Gasteiger partial charge >= 0.3 is 11.7 Å². The van der Waals surface area contributed by atoms with E-state index in [2.05, 4.69) is 46.6 Å². The van der Waals surface area contributed by atoms with Gasteiger partial charge in [0.15, 0.2) is 0 Å². The van der Waals surface area contributed by atoms with E-state index < -0.39 is 5.69 Å². The van der Waals surface area contributed by atoms with Crippen LogP contribution < -0.4 is 22.1 Å². The average molecular weight is 454 g/mol. The topological polar surface area (TPSA) is 109 Å². The monoisotopic (exact) mass is 453 g/mol. The largest absolute Gasteiger partial charge is 0.354 e. The number of rotatable bonds is 5. The number of benzene rings is 1. The number of nitrogens with two attached hydrogens (primary N) is 1. The Bertz CT molecular complexity index is 1000. The lowest BCUT2D eigenvalue weighted by molar-refractivity contribution is 0.145. The molecule has 3 atom stereocenters. The fourth-order valence-electron chi connectivity index (χ4n) is 4.70. The number of carbonyl (C=O) groups excluding carboxylic acids is 1. The first kappa shape index (κ1) is 23.4. The van der Waals surface area contributed by atoms with Crippen LogP contribution in [0.25, 0.3) is 5.69 Å². The Morgan fingerprint density at radius 2 is 1.94 bits per heavy atom. The molecule has 9 nitrogen and oxygen atoms in total. The standard InChI is InChI=1S/C24H35N7O2/c1-17-15-20(7-8-21(17)25)29(2)16-18-3-5-19(6-4-18)31-12-9-22(28-24(31)33)27-23(32)30-13-10-26-11-14-30/h3-6,9,12,17,20-21,26H,7-8,10-11,13-16,25H2,1-2H3,(H,27,28,32,33)/t17?,20?,21-/m0/s1. The van der Waals surface area contributed by atoms with E-state index in [0.29, 0.717) is 31.1 Å². The molecule has 9 heteroatoms. The van der Waals surface area contributed by atoms with Gasteiger partial charge < -0.3 is 16.0 Å². The van der Waals surface area contributed by atoms with Crippen LogP contribution in [0.4, 0.5) is 10.6 Å². The van der Waals surface area contributed by atoms with Crippen LogP contribution in [0, 0.1) is 5.92 Å². The van der Waals surface area contributed by atoms with Gasteiger partial charge in [-0.1, -0.05) is 19.1 Å². The molecule has 2 heterocycles. The number of piperazine rings is 1. The summed E-state index contributed by atoms with van der Waals surface area (Å²) in [5.74, 6) is 0.817. The van der Waals surface area contributed by atoms with Gasteiger partial charge in [-0.15, -0.1) is 0 Å². The molecule has 33 heavy (non-hydrogen) atoms. The highest BCUT2D eigenvalue weighted by molar-refractivity contribution is 5.88. The van der Waals surface area contributed by atoms with Crippen molar-refractivity contribution in [2.45, 2.75) is 44.8 Å². The molecule has 2 unspecified atom stereocenters. The number of anilines is 1. The normalized spacial score (nSPS) is 23.5. The fourth-order valence-corrected chi connectivity index (χ4v) is 4.70. The molecule has 1 aromatic carbocycles. The number of hydrogen-bond donors (Lipinski definition) is 3. The van der Waals surface area contributed by atoms with E-state index in [9.17, 15) is 9.59 Å². The van der Waals surface area contributed by atoms with Crippen molar-refractivity contribution in [2.24, 2.45) is 11.7 Å². The van der Waals surface area contributed by atoms with Gasteiger partial charge in [0, 0.05) is 51.0 Å². The summed E-state index contributed by atoms with van der Waals surface area (Å²) < 4.78 is 1.48. The molecule has 1 saturated heterocycles. The van der Waals surface area contributed by atoms with Crippen molar-refractivity contribution in [3.8, 4) is 5.69 Å². The predicted molar refractivity (Wildman–Crippen MR) is 130 cm³/mol. The molecule has 2 amide bonds. The lowest BCUT2D eigenvalue weighted by Gasteiger charge is -2.37. The summed E-state index contributed by atoms with van der Waals surface area (Å²) >= 11 is 0. The Kier molecular flexibility index (Phi) is 7.42. The molecular weight excluding hydrogens is 418 g/mol. The molecule has 0 radical (unpaired) electrons. The zero-order chi connectivity index (χ0) is 23.4. The maximum atomic E-state index is 12.6. The second kappa shape index (κ2) is 10.5. The molecular formula is C24H35N7O2. The number of hydrogen-bond acceptors (Lipinski definition) is 6. The van der Waals surface area contributed by atoms with Crippen LogP contribution >= 0.6 is 0 Å². The lowest BCUT2D eigenvalue weighted by Crippen LogP contribution is -2.48.